The Hall–Kier alpha value is 0.190. The van der Waals surface area contributed by atoms with Crippen molar-refractivity contribution in [2.45, 2.75) is 38.4 Å². The Balaban J connectivity index is 1.43. The van der Waals surface area contributed by atoms with E-state index in [9.17, 15) is 0 Å². The van der Waals surface area contributed by atoms with Gasteiger partial charge in [0.15, 0.2) is 0 Å². The lowest BCUT2D eigenvalue weighted by Gasteiger charge is -2.37. The monoisotopic (exact) mass is 316 g/mol. The second-order valence-corrected chi connectivity index (χ2v) is 7.12. The number of ether oxygens (including phenoxy) is 2. The van der Waals surface area contributed by atoms with Gasteiger partial charge < -0.3 is 14.4 Å². The molecule has 1 aliphatic heterocycles. The molecule has 5 heteroatoms. The highest BCUT2D eigenvalue weighted by Crippen LogP contribution is 2.26. The highest BCUT2D eigenvalue weighted by Gasteiger charge is 2.30. The first-order valence-corrected chi connectivity index (χ1v) is 9.88. The highest BCUT2D eigenvalue weighted by molar-refractivity contribution is 7.98. The van der Waals surface area contributed by atoms with E-state index in [0.717, 1.165) is 38.4 Å². The number of piperazine rings is 1. The Morgan fingerprint density at radius 2 is 1.48 bits per heavy atom. The van der Waals surface area contributed by atoms with Gasteiger partial charge in [-0.05, 0) is 32.1 Å². The van der Waals surface area contributed by atoms with E-state index in [0.29, 0.717) is 12.2 Å². The fourth-order valence-corrected chi connectivity index (χ4v) is 3.25. The summed E-state index contributed by atoms with van der Waals surface area (Å²) in [5.41, 5.74) is 0. The lowest BCUT2D eigenvalue weighted by molar-refractivity contribution is -0.101. The van der Waals surface area contributed by atoms with Gasteiger partial charge in [-0.1, -0.05) is 6.92 Å². The number of thioether (sulfide) groups is 1. The molecule has 0 aromatic carbocycles. The molecule has 2 aliphatic rings. The van der Waals surface area contributed by atoms with Crippen molar-refractivity contribution in [1.82, 2.24) is 9.80 Å². The first kappa shape index (κ1) is 17.5. The number of hydrogen-bond acceptors (Lipinski definition) is 5. The van der Waals surface area contributed by atoms with Crippen LogP contribution in [-0.2, 0) is 9.47 Å². The van der Waals surface area contributed by atoms with E-state index < -0.39 is 0 Å². The molecule has 2 fully saturated rings. The van der Waals surface area contributed by atoms with Crippen LogP contribution >= 0.6 is 11.8 Å². The van der Waals surface area contributed by atoms with E-state index in [1.54, 1.807) is 0 Å². The molecule has 0 N–H and O–H groups in total. The van der Waals surface area contributed by atoms with Gasteiger partial charge in [0.2, 0.25) is 0 Å². The van der Waals surface area contributed by atoms with Crippen LogP contribution in [0, 0.1) is 0 Å². The summed E-state index contributed by atoms with van der Waals surface area (Å²) in [6.07, 6.45) is 6.49. The van der Waals surface area contributed by atoms with E-state index in [4.69, 9.17) is 9.47 Å². The number of hydrogen-bond donors (Lipinski definition) is 0. The van der Waals surface area contributed by atoms with Gasteiger partial charge in [-0.2, -0.15) is 11.8 Å². The minimum Gasteiger partial charge on any atom is -0.377 e. The van der Waals surface area contributed by atoms with Gasteiger partial charge in [0.1, 0.15) is 0 Å². The predicted octanol–water partition coefficient (Wildman–Crippen LogP) is 1.94. The van der Waals surface area contributed by atoms with Crippen molar-refractivity contribution >= 4 is 11.8 Å². The number of rotatable bonds is 10. The van der Waals surface area contributed by atoms with Gasteiger partial charge in [0.05, 0.1) is 25.4 Å². The molecule has 4 nitrogen and oxygen atoms in total. The molecule has 21 heavy (non-hydrogen) atoms. The van der Waals surface area contributed by atoms with Crippen LogP contribution in [0.25, 0.3) is 0 Å². The van der Waals surface area contributed by atoms with Crippen molar-refractivity contribution in [2.75, 3.05) is 64.5 Å². The highest BCUT2D eigenvalue weighted by atomic mass is 32.2. The van der Waals surface area contributed by atoms with Crippen LogP contribution in [0.3, 0.4) is 0 Å². The molecule has 0 unspecified atom stereocenters. The molecule has 0 spiro atoms. The zero-order chi connectivity index (χ0) is 14.9. The summed E-state index contributed by atoms with van der Waals surface area (Å²) in [6, 6.07) is 0. The standard InChI is InChI=1S/C16H32N2O2S/c1-3-4-17-5-7-18(8-6-17)9-10-19-15-13-16(14-15)20-11-12-21-2/h15-16H,3-14H2,1-2H3. The van der Waals surface area contributed by atoms with E-state index in [-0.39, 0.29) is 0 Å². The van der Waals surface area contributed by atoms with Gasteiger partial charge in [-0.3, -0.25) is 4.90 Å². The van der Waals surface area contributed by atoms with E-state index >= 15 is 0 Å². The quantitative estimate of drug-likeness (QED) is 0.574. The molecular weight excluding hydrogens is 284 g/mol. The predicted molar refractivity (Wildman–Crippen MR) is 90.3 cm³/mol. The summed E-state index contributed by atoms with van der Waals surface area (Å²) in [7, 11) is 0. The van der Waals surface area contributed by atoms with Gasteiger partial charge in [0.25, 0.3) is 0 Å². The molecule has 1 heterocycles. The molecule has 0 aromatic rings. The van der Waals surface area contributed by atoms with Crippen LogP contribution in [0.1, 0.15) is 26.2 Å². The summed E-state index contributed by atoms with van der Waals surface area (Å²) < 4.78 is 11.7. The van der Waals surface area contributed by atoms with Crippen molar-refractivity contribution in [1.29, 1.82) is 0 Å². The van der Waals surface area contributed by atoms with Crippen molar-refractivity contribution in [3.8, 4) is 0 Å². The average molecular weight is 317 g/mol. The zero-order valence-corrected chi connectivity index (χ0v) is 14.6. The lowest BCUT2D eigenvalue weighted by atomic mass is 9.92. The zero-order valence-electron chi connectivity index (χ0n) is 13.8. The van der Waals surface area contributed by atoms with E-state index in [1.165, 1.54) is 39.1 Å². The van der Waals surface area contributed by atoms with Crippen molar-refractivity contribution in [2.24, 2.45) is 0 Å². The van der Waals surface area contributed by atoms with E-state index in [1.807, 2.05) is 11.8 Å². The van der Waals surface area contributed by atoms with Crippen LogP contribution in [0.4, 0.5) is 0 Å². The summed E-state index contributed by atoms with van der Waals surface area (Å²) in [6.45, 7) is 11.2. The summed E-state index contributed by atoms with van der Waals surface area (Å²) in [5.74, 6) is 1.10. The molecule has 0 aromatic heterocycles. The first-order chi connectivity index (χ1) is 10.3. The third-order valence-electron chi connectivity index (χ3n) is 4.46. The molecule has 0 atom stereocenters. The lowest BCUT2D eigenvalue weighted by Crippen LogP contribution is -2.48. The van der Waals surface area contributed by atoms with Gasteiger partial charge in [-0.15, -0.1) is 0 Å². The van der Waals surface area contributed by atoms with Crippen LogP contribution < -0.4 is 0 Å². The molecule has 1 saturated carbocycles. The van der Waals surface area contributed by atoms with Crippen LogP contribution in [0.5, 0.6) is 0 Å². The Morgan fingerprint density at radius 1 is 0.905 bits per heavy atom. The smallest absolute Gasteiger partial charge is 0.0625 e. The average Bonchev–Trinajstić information content (AvgIpc) is 2.46. The third-order valence-corrected chi connectivity index (χ3v) is 5.03. The molecule has 2 rings (SSSR count). The second kappa shape index (κ2) is 10.1. The molecule has 0 radical (unpaired) electrons. The maximum Gasteiger partial charge on any atom is 0.0625 e. The topological polar surface area (TPSA) is 24.9 Å². The Labute approximate surface area is 134 Å². The van der Waals surface area contributed by atoms with Crippen LogP contribution in [0.15, 0.2) is 0 Å². The Kier molecular flexibility index (Phi) is 8.40. The minimum absolute atomic E-state index is 0.450. The molecule has 124 valence electrons. The largest absolute Gasteiger partial charge is 0.377 e. The van der Waals surface area contributed by atoms with Crippen molar-refractivity contribution < 1.29 is 9.47 Å². The van der Waals surface area contributed by atoms with Crippen LogP contribution in [0.2, 0.25) is 0 Å². The van der Waals surface area contributed by atoms with Gasteiger partial charge in [-0.25, -0.2) is 0 Å². The maximum atomic E-state index is 5.95. The molecule has 1 saturated heterocycles. The minimum atomic E-state index is 0.450. The fraction of sp³-hybridized carbons (Fsp3) is 1.00. The van der Waals surface area contributed by atoms with Crippen molar-refractivity contribution in [3.05, 3.63) is 0 Å². The van der Waals surface area contributed by atoms with Gasteiger partial charge in [0, 0.05) is 38.5 Å². The summed E-state index contributed by atoms with van der Waals surface area (Å²) in [4.78, 5) is 5.11. The summed E-state index contributed by atoms with van der Waals surface area (Å²) in [5, 5.41) is 0. The molecular formula is C16H32N2O2S. The molecule has 0 bridgehead atoms. The first-order valence-electron chi connectivity index (χ1n) is 8.48. The second-order valence-electron chi connectivity index (χ2n) is 6.13. The fourth-order valence-electron chi connectivity index (χ4n) is 2.99. The molecule has 1 aliphatic carbocycles. The number of nitrogens with zero attached hydrogens (tertiary/aromatic N) is 2. The third kappa shape index (κ3) is 6.45. The maximum absolute atomic E-state index is 5.95. The van der Waals surface area contributed by atoms with Crippen molar-refractivity contribution in [3.63, 3.8) is 0 Å². The molecule has 0 amide bonds. The van der Waals surface area contributed by atoms with Crippen LogP contribution in [-0.4, -0.2) is 86.5 Å². The Bertz CT molecular complexity index is 267. The summed E-state index contributed by atoms with van der Waals surface area (Å²) >= 11 is 1.85. The SMILES string of the molecule is CCCN1CCN(CCOC2CC(OCCSC)C2)CC1. The van der Waals surface area contributed by atoms with E-state index in [2.05, 4.69) is 23.0 Å². The van der Waals surface area contributed by atoms with Gasteiger partial charge >= 0.3 is 0 Å². The normalized spacial score (nSPS) is 27.7. The Morgan fingerprint density at radius 3 is 2.05 bits per heavy atom.